The number of hydrogen-bond donors (Lipinski definition) is 1. The van der Waals surface area contributed by atoms with Crippen LogP contribution in [0.2, 0.25) is 0 Å². The molecule has 3 heterocycles. The number of fused-ring (bicyclic) bond motifs is 3. The van der Waals surface area contributed by atoms with E-state index >= 15 is 0 Å². The van der Waals surface area contributed by atoms with E-state index in [-0.39, 0.29) is 35.9 Å². The number of aryl methyl sites for hydroxylation is 1. The van der Waals surface area contributed by atoms with Crippen molar-refractivity contribution in [3.63, 3.8) is 0 Å². The van der Waals surface area contributed by atoms with Gasteiger partial charge in [0.1, 0.15) is 23.4 Å². The van der Waals surface area contributed by atoms with Crippen molar-refractivity contribution >= 4 is 38.5 Å². The van der Waals surface area contributed by atoms with Gasteiger partial charge in [-0.1, -0.05) is 32.9 Å². The van der Waals surface area contributed by atoms with E-state index in [9.17, 15) is 22.8 Å². The fraction of sp³-hybridized carbons (Fsp3) is 0.575. The lowest BCUT2D eigenvalue weighted by molar-refractivity contribution is -0.140. The molecule has 12 nitrogen and oxygen atoms in total. The summed E-state index contributed by atoms with van der Waals surface area (Å²) in [5.41, 5.74) is 1.12. The first-order valence-electron chi connectivity index (χ1n) is 18.8. The summed E-state index contributed by atoms with van der Waals surface area (Å²) in [4.78, 5) is 48.9. The van der Waals surface area contributed by atoms with Crippen molar-refractivity contribution in [2.75, 3.05) is 20.7 Å². The minimum absolute atomic E-state index is 0.115. The van der Waals surface area contributed by atoms with E-state index in [4.69, 9.17) is 19.6 Å². The highest BCUT2D eigenvalue weighted by Gasteiger charge is 2.61. The molecule has 0 spiro atoms. The Balaban J connectivity index is 1.21. The maximum atomic E-state index is 14.4. The highest BCUT2D eigenvalue weighted by Crippen LogP contribution is 2.58. The van der Waals surface area contributed by atoms with Gasteiger partial charge in [0.05, 0.1) is 34.9 Å². The predicted molar refractivity (Wildman–Crippen MR) is 200 cm³/mol. The lowest BCUT2D eigenvalue weighted by Gasteiger charge is -2.26. The molecular formula is C40H51N5O7S. The molecule has 7 rings (SSSR count). The first-order chi connectivity index (χ1) is 25.1. The molecule has 53 heavy (non-hydrogen) atoms. The summed E-state index contributed by atoms with van der Waals surface area (Å²) in [6.45, 7) is 8.82. The van der Waals surface area contributed by atoms with Crippen LogP contribution in [0, 0.1) is 30.1 Å². The number of methoxy groups -OCH3 is 1. The number of ketones is 1. The van der Waals surface area contributed by atoms with Gasteiger partial charge in [-0.3, -0.25) is 19.1 Å². The van der Waals surface area contributed by atoms with Crippen LogP contribution in [0.4, 0.5) is 0 Å². The van der Waals surface area contributed by atoms with Gasteiger partial charge < -0.3 is 14.4 Å². The number of pyridine rings is 1. The second kappa shape index (κ2) is 13.9. The molecule has 0 saturated heterocycles. The quantitative estimate of drug-likeness (QED) is 0.306. The third-order valence-corrected chi connectivity index (χ3v) is 13.4. The molecule has 3 aromatic rings. The second-order valence-corrected chi connectivity index (χ2v) is 18.5. The Bertz CT molecular complexity index is 2080. The number of amides is 2. The Labute approximate surface area is 311 Å². The van der Waals surface area contributed by atoms with Crippen LogP contribution in [-0.4, -0.2) is 77.7 Å². The monoisotopic (exact) mass is 745 g/mol. The third kappa shape index (κ3) is 7.33. The van der Waals surface area contributed by atoms with Gasteiger partial charge in [-0.15, -0.1) is 0 Å². The molecular weight excluding hydrogens is 695 g/mol. The van der Waals surface area contributed by atoms with Crippen molar-refractivity contribution in [2.45, 2.75) is 102 Å². The van der Waals surface area contributed by atoms with Crippen LogP contribution >= 0.6 is 0 Å². The summed E-state index contributed by atoms with van der Waals surface area (Å²) in [6, 6.07) is 7.61. The average molecular weight is 746 g/mol. The first-order valence-corrected chi connectivity index (χ1v) is 20.4. The van der Waals surface area contributed by atoms with Crippen LogP contribution in [-0.2, 0) is 29.8 Å². The number of sulfonamides is 1. The maximum absolute atomic E-state index is 14.4. The lowest BCUT2D eigenvalue weighted by atomic mass is 9.84. The molecule has 1 aliphatic heterocycles. The summed E-state index contributed by atoms with van der Waals surface area (Å²) in [5.74, 6) is -0.703. The van der Waals surface area contributed by atoms with Crippen LogP contribution in [0.3, 0.4) is 0 Å². The molecule has 284 valence electrons. The zero-order valence-electron chi connectivity index (χ0n) is 31.6. The summed E-state index contributed by atoms with van der Waals surface area (Å²) in [7, 11) is -0.394. The minimum atomic E-state index is -3.79. The van der Waals surface area contributed by atoms with Crippen LogP contribution < -0.4 is 14.2 Å². The number of allylic oxidation sites excluding steroid dienone is 2. The smallest absolute Gasteiger partial charge is 0.240 e. The van der Waals surface area contributed by atoms with Crippen molar-refractivity contribution in [3.05, 3.63) is 53.9 Å². The minimum Gasteiger partial charge on any atom is -0.496 e. The van der Waals surface area contributed by atoms with Gasteiger partial charge in [0, 0.05) is 54.6 Å². The number of nitrogens with one attached hydrogen (secondary N) is 1. The molecule has 1 aromatic carbocycles. The number of carbonyl (C=O) groups excluding carboxylic acids is 3. The normalized spacial score (nSPS) is 27.5. The standard InChI is InChI=1S/C40H51N5O7S/c1-24-32(51-6)15-14-28-33(21-35(41-36(24)28)45-18-16-34(42-45)39(2,3)4)52-26-19-29-30(20-26)37(47)44(5)17-10-8-7-9-11-25-22-40(25,23-31(29)46)38(48)43-53(49,50)27-12-13-27/h9,11,14-16,18,21,25-27,29-30H,7-8,10,12-13,17,19-20,22-23H2,1-6H3,(H,43,48)/b11-9-/t25-,26+,29+,30+,40+/m0/s1. The fourth-order valence-corrected chi connectivity index (χ4v) is 9.46. The molecule has 3 aliphatic carbocycles. The van der Waals surface area contributed by atoms with Crippen LogP contribution in [0.5, 0.6) is 11.5 Å². The van der Waals surface area contributed by atoms with E-state index < -0.39 is 44.5 Å². The van der Waals surface area contributed by atoms with E-state index in [0.717, 1.165) is 35.9 Å². The van der Waals surface area contributed by atoms with Crippen molar-refractivity contribution in [2.24, 2.45) is 23.2 Å². The summed E-state index contributed by atoms with van der Waals surface area (Å²) >= 11 is 0. The van der Waals surface area contributed by atoms with Crippen molar-refractivity contribution in [1.82, 2.24) is 24.4 Å². The zero-order chi connectivity index (χ0) is 37.9. The number of benzene rings is 1. The number of rotatable bonds is 7. The van der Waals surface area contributed by atoms with E-state index in [1.54, 1.807) is 23.7 Å². The van der Waals surface area contributed by atoms with E-state index in [1.165, 1.54) is 0 Å². The molecule has 1 N–H and O–H groups in total. The van der Waals surface area contributed by atoms with Gasteiger partial charge in [-0.05, 0) is 82.4 Å². The molecule has 3 saturated carbocycles. The van der Waals surface area contributed by atoms with Crippen molar-refractivity contribution in [3.8, 4) is 17.3 Å². The average Bonchev–Trinajstić information content (AvgIpc) is 3.98. The maximum Gasteiger partial charge on any atom is 0.240 e. The molecule has 5 atom stereocenters. The molecule has 3 fully saturated rings. The number of carbonyl (C=O) groups is 3. The largest absolute Gasteiger partial charge is 0.496 e. The number of ether oxygens (including phenoxy) is 2. The molecule has 0 bridgehead atoms. The molecule has 4 aliphatic rings. The Hall–Kier alpha value is -4.26. The summed E-state index contributed by atoms with van der Waals surface area (Å²) in [6.07, 6.45) is 9.75. The van der Waals surface area contributed by atoms with Crippen molar-refractivity contribution in [1.29, 1.82) is 0 Å². The van der Waals surface area contributed by atoms with Gasteiger partial charge in [-0.2, -0.15) is 5.10 Å². The molecule has 2 amide bonds. The molecule has 13 heteroatoms. The topological polar surface area (TPSA) is 150 Å². The van der Waals surface area contributed by atoms with Gasteiger partial charge in [0.25, 0.3) is 0 Å². The Morgan fingerprint density at radius 1 is 1.06 bits per heavy atom. The number of Topliss-reactive ketones (excluding diaryl/α,β-unsaturated/α-hetero) is 1. The number of aromatic nitrogens is 3. The highest BCUT2D eigenvalue weighted by molar-refractivity contribution is 7.90. The SMILES string of the molecule is COc1ccc2c(O[C@@H]3C[C@H]4C(=O)C[C@]5(C(=O)NS(=O)(=O)C6CC6)C[C@@H]5/C=C\CCCCN(C)C(=O)[C@@H]4C3)cc(-n3ccc(C(C)(C)C)n3)nc2c1C. The van der Waals surface area contributed by atoms with Crippen LogP contribution in [0.25, 0.3) is 16.7 Å². The third-order valence-electron chi connectivity index (χ3n) is 11.6. The van der Waals surface area contributed by atoms with Gasteiger partial charge in [0.15, 0.2) is 5.82 Å². The Morgan fingerprint density at radius 2 is 1.81 bits per heavy atom. The molecule has 2 aromatic heterocycles. The Morgan fingerprint density at radius 3 is 2.51 bits per heavy atom. The van der Waals surface area contributed by atoms with E-state index in [2.05, 4.69) is 25.5 Å². The summed E-state index contributed by atoms with van der Waals surface area (Å²) in [5, 5.41) is 5.03. The Kier molecular flexibility index (Phi) is 9.70. The lowest BCUT2D eigenvalue weighted by Crippen LogP contribution is -2.42. The van der Waals surface area contributed by atoms with Crippen LogP contribution in [0.15, 0.2) is 42.6 Å². The number of nitrogens with zero attached hydrogens (tertiary/aromatic N) is 4. The molecule has 0 unspecified atom stereocenters. The first kappa shape index (κ1) is 37.1. The van der Waals surface area contributed by atoms with Crippen molar-refractivity contribution < 1.29 is 32.3 Å². The highest BCUT2D eigenvalue weighted by atomic mass is 32.2. The zero-order valence-corrected chi connectivity index (χ0v) is 32.4. The second-order valence-electron chi connectivity index (χ2n) is 16.6. The molecule has 0 radical (unpaired) electrons. The summed E-state index contributed by atoms with van der Waals surface area (Å²) < 4.78 is 42.1. The van der Waals surface area contributed by atoms with E-state index in [1.807, 2.05) is 49.5 Å². The van der Waals surface area contributed by atoms with Crippen LogP contribution in [0.1, 0.15) is 89.8 Å². The van der Waals surface area contributed by atoms with Gasteiger partial charge in [-0.25, -0.2) is 18.1 Å². The predicted octanol–water partition coefficient (Wildman–Crippen LogP) is 5.58. The van der Waals surface area contributed by atoms with Gasteiger partial charge >= 0.3 is 0 Å². The van der Waals surface area contributed by atoms with Gasteiger partial charge in [0.2, 0.25) is 21.8 Å². The fourth-order valence-electron chi connectivity index (χ4n) is 8.08. The number of hydrogen-bond acceptors (Lipinski definition) is 9. The van der Waals surface area contributed by atoms with E-state index in [0.29, 0.717) is 55.1 Å².